The van der Waals surface area contributed by atoms with Crippen LogP contribution in [0.5, 0.6) is 0 Å². The molecule has 1 rings (SSSR count). The Kier molecular flexibility index (Phi) is 3.86. The summed E-state index contributed by atoms with van der Waals surface area (Å²) in [6.07, 6.45) is -5.44. The molecule has 14 heavy (non-hydrogen) atoms. The maximum atomic E-state index is 9.53. The van der Waals surface area contributed by atoms with Crippen LogP contribution >= 0.6 is 0 Å². The van der Waals surface area contributed by atoms with E-state index >= 15 is 0 Å². The third-order valence-electron chi connectivity index (χ3n) is 2.39. The fourth-order valence-electron chi connectivity index (χ4n) is 1.59. The van der Waals surface area contributed by atoms with Crippen LogP contribution in [0.3, 0.4) is 0 Å². The lowest BCUT2D eigenvalue weighted by Crippen LogP contribution is -2.57. The predicted octanol–water partition coefficient (Wildman–Crippen LogP) is -1.17. The van der Waals surface area contributed by atoms with Crippen molar-refractivity contribution in [1.82, 2.24) is 0 Å². The molecule has 1 saturated heterocycles. The van der Waals surface area contributed by atoms with Crippen molar-refractivity contribution in [3.8, 4) is 0 Å². The summed E-state index contributed by atoms with van der Waals surface area (Å²) in [7, 11) is 0. The first kappa shape index (κ1) is 11.9. The van der Waals surface area contributed by atoms with E-state index in [4.69, 9.17) is 4.74 Å². The maximum absolute atomic E-state index is 9.53. The number of hydrogen-bond acceptors (Lipinski definition) is 5. The predicted molar refractivity (Wildman–Crippen MR) is 48.4 cm³/mol. The summed E-state index contributed by atoms with van der Waals surface area (Å²) in [5.74, 6) is 0.282. The van der Waals surface area contributed by atoms with Gasteiger partial charge in [-0.3, -0.25) is 0 Å². The smallest absolute Gasteiger partial charge is 0.183 e. The average molecular weight is 206 g/mol. The van der Waals surface area contributed by atoms with Crippen molar-refractivity contribution in [2.45, 2.75) is 51.0 Å². The fourth-order valence-corrected chi connectivity index (χ4v) is 1.59. The van der Waals surface area contributed by atoms with Gasteiger partial charge >= 0.3 is 0 Å². The van der Waals surface area contributed by atoms with E-state index in [1.807, 2.05) is 13.8 Å². The highest BCUT2D eigenvalue weighted by atomic mass is 16.6. The van der Waals surface area contributed by atoms with E-state index in [-0.39, 0.29) is 5.92 Å². The minimum atomic E-state index is -1.44. The van der Waals surface area contributed by atoms with Crippen molar-refractivity contribution in [2.24, 2.45) is 5.92 Å². The first-order valence-corrected chi connectivity index (χ1v) is 4.81. The van der Waals surface area contributed by atoms with Gasteiger partial charge in [-0.05, 0) is 12.3 Å². The molecule has 0 aromatic rings. The van der Waals surface area contributed by atoms with Gasteiger partial charge in [-0.25, -0.2) is 0 Å². The lowest BCUT2D eigenvalue weighted by Gasteiger charge is -2.38. The Bertz CT molecular complexity index is 184. The van der Waals surface area contributed by atoms with Crippen molar-refractivity contribution < 1.29 is 25.2 Å². The van der Waals surface area contributed by atoms with E-state index in [1.165, 1.54) is 0 Å². The fraction of sp³-hybridized carbons (Fsp3) is 1.00. The quantitative estimate of drug-likeness (QED) is 0.457. The summed E-state index contributed by atoms with van der Waals surface area (Å²) in [5.41, 5.74) is 0. The van der Waals surface area contributed by atoms with Gasteiger partial charge in [-0.1, -0.05) is 13.8 Å². The second kappa shape index (κ2) is 4.55. The van der Waals surface area contributed by atoms with Crippen molar-refractivity contribution in [3.05, 3.63) is 0 Å². The molecule has 5 heteroatoms. The summed E-state index contributed by atoms with van der Waals surface area (Å²) in [4.78, 5) is 0. The Morgan fingerprint density at radius 1 is 1.00 bits per heavy atom. The average Bonchev–Trinajstić information content (AvgIpc) is 2.10. The van der Waals surface area contributed by atoms with E-state index in [2.05, 4.69) is 0 Å². The van der Waals surface area contributed by atoms with E-state index < -0.39 is 30.7 Å². The van der Waals surface area contributed by atoms with Crippen molar-refractivity contribution in [3.63, 3.8) is 0 Å². The Morgan fingerprint density at radius 3 is 2.07 bits per heavy atom. The molecule has 0 saturated carbocycles. The monoisotopic (exact) mass is 206 g/mol. The summed E-state index contributed by atoms with van der Waals surface area (Å²) >= 11 is 0. The molecule has 84 valence electrons. The van der Waals surface area contributed by atoms with Gasteiger partial charge in [0.15, 0.2) is 6.29 Å². The highest BCUT2D eigenvalue weighted by molar-refractivity contribution is 4.88. The Labute approximate surface area is 82.9 Å². The summed E-state index contributed by atoms with van der Waals surface area (Å²) in [6, 6.07) is 0. The second-order valence-electron chi connectivity index (χ2n) is 4.17. The van der Waals surface area contributed by atoms with Crippen LogP contribution in [0, 0.1) is 5.92 Å². The van der Waals surface area contributed by atoms with Crippen molar-refractivity contribution in [1.29, 1.82) is 0 Å². The zero-order chi connectivity index (χ0) is 10.9. The topological polar surface area (TPSA) is 90.2 Å². The lowest BCUT2D eigenvalue weighted by atomic mass is 9.93. The first-order chi connectivity index (χ1) is 6.43. The van der Waals surface area contributed by atoms with Crippen LogP contribution in [0.4, 0.5) is 0 Å². The van der Waals surface area contributed by atoms with Crippen LogP contribution < -0.4 is 0 Å². The zero-order valence-electron chi connectivity index (χ0n) is 8.37. The normalized spacial score (nSPS) is 44.4. The largest absolute Gasteiger partial charge is 0.388 e. The standard InChI is InChI=1S/C9H18O5/c1-4(2)3-5-6(10)7(11)8(12)9(13)14-5/h4-13H,3H2,1-2H3/t5-,6-,7+,8+,9?/m1/s1. The van der Waals surface area contributed by atoms with Crippen LogP contribution in [-0.2, 0) is 4.74 Å². The molecule has 5 atom stereocenters. The van der Waals surface area contributed by atoms with Crippen LogP contribution in [-0.4, -0.2) is 51.1 Å². The second-order valence-corrected chi connectivity index (χ2v) is 4.17. The molecule has 5 nitrogen and oxygen atoms in total. The third-order valence-corrected chi connectivity index (χ3v) is 2.39. The molecule has 1 heterocycles. The first-order valence-electron chi connectivity index (χ1n) is 4.81. The number of aliphatic hydroxyl groups excluding tert-OH is 4. The Balaban J connectivity index is 2.60. The van der Waals surface area contributed by atoms with Crippen molar-refractivity contribution >= 4 is 0 Å². The molecule has 0 aliphatic carbocycles. The molecule has 0 spiro atoms. The molecule has 1 unspecified atom stereocenters. The van der Waals surface area contributed by atoms with Crippen LogP contribution in [0.15, 0.2) is 0 Å². The molecule has 0 bridgehead atoms. The Morgan fingerprint density at radius 2 is 1.57 bits per heavy atom. The summed E-state index contributed by atoms with van der Waals surface area (Å²) in [5, 5.41) is 37.3. The molecule has 1 aliphatic heterocycles. The summed E-state index contributed by atoms with van der Waals surface area (Å²) in [6.45, 7) is 3.89. The molecule has 0 aromatic heterocycles. The molecule has 0 radical (unpaired) electrons. The molecule has 1 fully saturated rings. The van der Waals surface area contributed by atoms with Gasteiger partial charge in [0.2, 0.25) is 0 Å². The molecular formula is C9H18O5. The van der Waals surface area contributed by atoms with Gasteiger partial charge in [-0.2, -0.15) is 0 Å². The van der Waals surface area contributed by atoms with E-state index in [0.717, 1.165) is 0 Å². The van der Waals surface area contributed by atoms with E-state index in [0.29, 0.717) is 6.42 Å². The minimum Gasteiger partial charge on any atom is -0.388 e. The number of ether oxygens (including phenoxy) is 1. The van der Waals surface area contributed by atoms with E-state index in [9.17, 15) is 20.4 Å². The van der Waals surface area contributed by atoms with Gasteiger partial charge in [0.1, 0.15) is 18.3 Å². The number of hydrogen-bond donors (Lipinski definition) is 4. The highest BCUT2D eigenvalue weighted by Crippen LogP contribution is 2.24. The maximum Gasteiger partial charge on any atom is 0.183 e. The van der Waals surface area contributed by atoms with Gasteiger partial charge in [0.25, 0.3) is 0 Å². The molecule has 4 N–H and O–H groups in total. The zero-order valence-corrected chi connectivity index (χ0v) is 8.37. The number of aliphatic hydroxyl groups is 4. The number of rotatable bonds is 2. The van der Waals surface area contributed by atoms with Gasteiger partial charge < -0.3 is 25.2 Å². The third kappa shape index (κ3) is 2.43. The SMILES string of the molecule is CC(C)C[C@H]1OC(O)[C@@H](O)[C@@H](O)[C@@H]1O. The Hall–Kier alpha value is -0.200. The van der Waals surface area contributed by atoms with Crippen LogP contribution in [0.2, 0.25) is 0 Å². The molecule has 1 aliphatic rings. The lowest BCUT2D eigenvalue weighted by molar-refractivity contribution is -0.283. The van der Waals surface area contributed by atoms with Gasteiger partial charge in [0.05, 0.1) is 6.10 Å². The molecular weight excluding hydrogens is 188 g/mol. The van der Waals surface area contributed by atoms with Crippen molar-refractivity contribution in [2.75, 3.05) is 0 Å². The van der Waals surface area contributed by atoms with Gasteiger partial charge in [-0.15, -0.1) is 0 Å². The van der Waals surface area contributed by atoms with Gasteiger partial charge in [0, 0.05) is 0 Å². The van der Waals surface area contributed by atoms with Crippen LogP contribution in [0.25, 0.3) is 0 Å². The molecule has 0 amide bonds. The van der Waals surface area contributed by atoms with E-state index in [1.54, 1.807) is 0 Å². The highest BCUT2D eigenvalue weighted by Gasteiger charge is 2.42. The molecule has 0 aromatic carbocycles. The summed E-state index contributed by atoms with van der Waals surface area (Å²) < 4.78 is 4.99. The minimum absolute atomic E-state index is 0.282. The van der Waals surface area contributed by atoms with Crippen LogP contribution in [0.1, 0.15) is 20.3 Å².